The standard InChI is InChI=1S/C24H25FN2O6/c1-2-30-19-7-9-20(10-8-19)31-14-13-26-22(28)16-32-24(29)12-11-23-27-15-21(33-23)17-3-5-18(25)6-4-17/h3-10,15H,2,11-14,16H2,1H3,(H,26,28). The van der Waals surface area contributed by atoms with Gasteiger partial charge < -0.3 is 23.9 Å². The van der Waals surface area contributed by atoms with Crippen molar-refractivity contribution in [3.63, 3.8) is 0 Å². The molecule has 1 amide bonds. The van der Waals surface area contributed by atoms with Crippen molar-refractivity contribution >= 4 is 11.9 Å². The van der Waals surface area contributed by atoms with E-state index in [0.29, 0.717) is 29.6 Å². The van der Waals surface area contributed by atoms with Crippen LogP contribution < -0.4 is 14.8 Å². The quantitative estimate of drug-likeness (QED) is 0.329. The second-order valence-corrected chi connectivity index (χ2v) is 6.89. The lowest BCUT2D eigenvalue weighted by molar-refractivity contribution is -0.148. The minimum Gasteiger partial charge on any atom is -0.494 e. The van der Waals surface area contributed by atoms with E-state index in [4.69, 9.17) is 18.6 Å². The fraction of sp³-hybridized carbons (Fsp3) is 0.292. The molecule has 0 bridgehead atoms. The third kappa shape index (κ3) is 7.95. The summed E-state index contributed by atoms with van der Waals surface area (Å²) in [6, 6.07) is 13.0. The average Bonchev–Trinajstić information content (AvgIpc) is 3.30. The molecule has 9 heteroatoms. The van der Waals surface area contributed by atoms with Gasteiger partial charge in [0.05, 0.1) is 25.8 Å². The Hall–Kier alpha value is -3.88. The Labute approximate surface area is 190 Å². The molecule has 3 rings (SSSR count). The maximum atomic E-state index is 13.0. The van der Waals surface area contributed by atoms with Crippen molar-refractivity contribution in [1.29, 1.82) is 0 Å². The Morgan fingerprint density at radius 2 is 1.73 bits per heavy atom. The molecule has 0 aliphatic rings. The number of nitrogens with zero attached hydrogens (tertiary/aromatic N) is 1. The fourth-order valence-electron chi connectivity index (χ4n) is 2.81. The number of hydrogen-bond donors (Lipinski definition) is 1. The van der Waals surface area contributed by atoms with E-state index >= 15 is 0 Å². The first-order valence-corrected chi connectivity index (χ1v) is 10.5. The Bertz CT molecular complexity index is 1030. The molecule has 8 nitrogen and oxygen atoms in total. The van der Waals surface area contributed by atoms with Gasteiger partial charge in [-0.2, -0.15) is 0 Å². The number of aryl methyl sites for hydroxylation is 1. The summed E-state index contributed by atoms with van der Waals surface area (Å²) < 4.78 is 34.4. The van der Waals surface area contributed by atoms with E-state index in [1.165, 1.54) is 18.3 Å². The minimum atomic E-state index is -0.544. The zero-order valence-corrected chi connectivity index (χ0v) is 18.2. The van der Waals surface area contributed by atoms with Gasteiger partial charge in [-0.3, -0.25) is 9.59 Å². The summed E-state index contributed by atoms with van der Waals surface area (Å²) in [7, 11) is 0. The van der Waals surface area contributed by atoms with Crippen molar-refractivity contribution in [3.05, 3.63) is 66.4 Å². The van der Waals surface area contributed by atoms with E-state index < -0.39 is 11.9 Å². The lowest BCUT2D eigenvalue weighted by Crippen LogP contribution is -2.32. The Morgan fingerprint density at radius 3 is 2.42 bits per heavy atom. The van der Waals surface area contributed by atoms with E-state index in [2.05, 4.69) is 10.3 Å². The van der Waals surface area contributed by atoms with Crippen molar-refractivity contribution < 1.29 is 32.6 Å². The minimum absolute atomic E-state index is 0.0114. The van der Waals surface area contributed by atoms with Crippen LogP contribution in [0.25, 0.3) is 11.3 Å². The third-order valence-corrected chi connectivity index (χ3v) is 4.42. The number of hydrogen-bond acceptors (Lipinski definition) is 7. The highest BCUT2D eigenvalue weighted by Crippen LogP contribution is 2.21. The normalized spacial score (nSPS) is 10.5. The van der Waals surface area contributed by atoms with Crippen LogP contribution in [0.3, 0.4) is 0 Å². The first-order valence-electron chi connectivity index (χ1n) is 10.5. The molecule has 174 valence electrons. The predicted octanol–water partition coefficient (Wildman–Crippen LogP) is 3.55. The number of aromatic nitrogens is 1. The van der Waals surface area contributed by atoms with Crippen LogP contribution in [0, 0.1) is 5.82 Å². The van der Waals surface area contributed by atoms with Gasteiger partial charge in [0.25, 0.3) is 5.91 Å². The maximum Gasteiger partial charge on any atom is 0.306 e. The van der Waals surface area contributed by atoms with Gasteiger partial charge in [0.15, 0.2) is 18.3 Å². The molecule has 2 aromatic carbocycles. The SMILES string of the molecule is CCOc1ccc(OCCNC(=O)COC(=O)CCc2ncc(-c3ccc(F)cc3)o2)cc1. The van der Waals surface area contributed by atoms with Crippen molar-refractivity contribution in [2.45, 2.75) is 19.8 Å². The molecule has 0 atom stereocenters. The summed E-state index contributed by atoms with van der Waals surface area (Å²) in [4.78, 5) is 27.8. The predicted molar refractivity (Wildman–Crippen MR) is 117 cm³/mol. The highest BCUT2D eigenvalue weighted by Gasteiger charge is 2.11. The summed E-state index contributed by atoms with van der Waals surface area (Å²) in [5, 5.41) is 2.62. The number of carbonyl (C=O) groups excluding carboxylic acids is 2. The largest absolute Gasteiger partial charge is 0.494 e. The molecule has 1 heterocycles. The molecule has 1 aromatic heterocycles. The molecule has 0 saturated heterocycles. The molecule has 0 spiro atoms. The molecule has 0 aliphatic carbocycles. The smallest absolute Gasteiger partial charge is 0.306 e. The van der Waals surface area contributed by atoms with Gasteiger partial charge in [-0.1, -0.05) is 0 Å². The number of benzene rings is 2. The van der Waals surface area contributed by atoms with Gasteiger partial charge in [0, 0.05) is 12.0 Å². The Morgan fingerprint density at radius 1 is 1.03 bits per heavy atom. The molecule has 0 saturated carbocycles. The second-order valence-electron chi connectivity index (χ2n) is 6.89. The lowest BCUT2D eigenvalue weighted by atomic mass is 10.2. The fourth-order valence-corrected chi connectivity index (χ4v) is 2.81. The van der Waals surface area contributed by atoms with E-state index in [0.717, 1.165) is 5.75 Å². The summed E-state index contributed by atoms with van der Waals surface area (Å²) >= 11 is 0. The lowest BCUT2D eigenvalue weighted by Gasteiger charge is -2.09. The number of carbonyl (C=O) groups is 2. The molecule has 1 N–H and O–H groups in total. The number of ether oxygens (including phenoxy) is 3. The summed E-state index contributed by atoms with van der Waals surface area (Å²) in [5.41, 5.74) is 0.681. The molecule has 0 radical (unpaired) electrons. The van der Waals surface area contributed by atoms with Crippen LogP contribution >= 0.6 is 0 Å². The zero-order chi connectivity index (χ0) is 23.5. The number of nitrogens with one attached hydrogen (secondary N) is 1. The molecule has 3 aromatic rings. The van der Waals surface area contributed by atoms with Crippen molar-refractivity contribution in [3.8, 4) is 22.8 Å². The molecule has 0 unspecified atom stereocenters. The number of halogens is 1. The monoisotopic (exact) mass is 456 g/mol. The van der Waals surface area contributed by atoms with Gasteiger partial charge in [-0.25, -0.2) is 9.37 Å². The van der Waals surface area contributed by atoms with E-state index in [1.807, 2.05) is 6.92 Å². The zero-order valence-electron chi connectivity index (χ0n) is 18.2. The van der Waals surface area contributed by atoms with E-state index in [-0.39, 0.29) is 38.4 Å². The highest BCUT2D eigenvalue weighted by molar-refractivity contribution is 5.80. The molecular weight excluding hydrogens is 431 g/mol. The van der Waals surface area contributed by atoms with Crippen LogP contribution in [-0.2, 0) is 20.7 Å². The van der Waals surface area contributed by atoms with Gasteiger partial charge in [0.1, 0.15) is 23.9 Å². The van der Waals surface area contributed by atoms with Gasteiger partial charge in [-0.05, 0) is 55.5 Å². The van der Waals surface area contributed by atoms with Crippen molar-refractivity contribution in [2.24, 2.45) is 0 Å². The van der Waals surface area contributed by atoms with E-state index in [1.54, 1.807) is 36.4 Å². The summed E-state index contributed by atoms with van der Waals surface area (Å²) in [6.07, 6.45) is 1.74. The van der Waals surface area contributed by atoms with Crippen LogP contribution in [0.5, 0.6) is 11.5 Å². The highest BCUT2D eigenvalue weighted by atomic mass is 19.1. The number of amides is 1. The first kappa shape index (κ1) is 23.8. The summed E-state index contributed by atoms with van der Waals surface area (Å²) in [6.45, 7) is 2.66. The van der Waals surface area contributed by atoms with Crippen molar-refractivity contribution in [1.82, 2.24) is 10.3 Å². The van der Waals surface area contributed by atoms with E-state index in [9.17, 15) is 14.0 Å². The Balaban J connectivity index is 1.29. The third-order valence-electron chi connectivity index (χ3n) is 4.42. The average molecular weight is 456 g/mol. The van der Waals surface area contributed by atoms with Crippen LogP contribution in [0.4, 0.5) is 4.39 Å². The summed E-state index contributed by atoms with van der Waals surface area (Å²) in [5.74, 6) is 0.938. The first-order chi connectivity index (χ1) is 16.0. The van der Waals surface area contributed by atoms with Crippen LogP contribution in [0.15, 0.2) is 59.1 Å². The van der Waals surface area contributed by atoms with Crippen LogP contribution in [0.2, 0.25) is 0 Å². The number of rotatable bonds is 12. The molecular formula is C24H25FN2O6. The van der Waals surface area contributed by atoms with Gasteiger partial charge >= 0.3 is 5.97 Å². The molecule has 33 heavy (non-hydrogen) atoms. The van der Waals surface area contributed by atoms with Crippen molar-refractivity contribution in [2.75, 3.05) is 26.4 Å². The van der Waals surface area contributed by atoms with Crippen LogP contribution in [0.1, 0.15) is 19.2 Å². The van der Waals surface area contributed by atoms with Crippen LogP contribution in [-0.4, -0.2) is 43.2 Å². The second kappa shape index (κ2) is 12.2. The molecule has 0 fully saturated rings. The maximum absolute atomic E-state index is 13.0. The van der Waals surface area contributed by atoms with Gasteiger partial charge in [0.2, 0.25) is 0 Å². The topological polar surface area (TPSA) is 99.9 Å². The Kier molecular flexibility index (Phi) is 8.81. The number of esters is 1. The molecule has 0 aliphatic heterocycles. The van der Waals surface area contributed by atoms with Gasteiger partial charge in [-0.15, -0.1) is 0 Å². The number of oxazole rings is 1.